The SMILES string of the molecule is Cc1c(-c2ccccc2)c(-c2ccco2)c([Si](c2ccccc2)(c2ccccc2)c2ccccc2)n1-c1ccccc1. The molecule has 2 nitrogen and oxygen atoms in total. The predicted molar refractivity (Wildman–Crippen MR) is 177 cm³/mol. The first-order chi connectivity index (χ1) is 20.8. The van der Waals surface area contributed by atoms with Crippen molar-refractivity contribution in [3.8, 4) is 28.1 Å². The minimum Gasteiger partial charge on any atom is -0.464 e. The van der Waals surface area contributed by atoms with Crippen molar-refractivity contribution < 1.29 is 4.42 Å². The van der Waals surface area contributed by atoms with Crippen molar-refractivity contribution in [2.45, 2.75) is 6.92 Å². The lowest BCUT2D eigenvalue weighted by Gasteiger charge is -2.36. The molecule has 5 aromatic carbocycles. The van der Waals surface area contributed by atoms with Crippen molar-refractivity contribution in [1.82, 2.24) is 4.57 Å². The van der Waals surface area contributed by atoms with Crippen molar-refractivity contribution in [2.24, 2.45) is 0 Å². The number of furan rings is 1. The van der Waals surface area contributed by atoms with Gasteiger partial charge in [-0.25, -0.2) is 0 Å². The van der Waals surface area contributed by atoms with Gasteiger partial charge < -0.3 is 8.98 Å². The van der Waals surface area contributed by atoms with E-state index in [1.54, 1.807) is 6.26 Å². The molecule has 0 spiro atoms. The van der Waals surface area contributed by atoms with Crippen LogP contribution in [-0.2, 0) is 0 Å². The van der Waals surface area contributed by atoms with E-state index in [1.165, 1.54) is 37.7 Å². The minimum atomic E-state index is -2.97. The zero-order valence-corrected chi connectivity index (χ0v) is 24.5. The number of rotatable bonds is 7. The number of hydrogen-bond acceptors (Lipinski definition) is 1. The van der Waals surface area contributed by atoms with E-state index in [0.29, 0.717) is 0 Å². The maximum Gasteiger partial charge on any atom is 0.200 e. The second kappa shape index (κ2) is 11.0. The summed E-state index contributed by atoms with van der Waals surface area (Å²) >= 11 is 0. The Hall–Kier alpha value is -5.12. The Bertz CT molecular complexity index is 1800. The highest BCUT2D eigenvalue weighted by atomic mass is 28.3. The van der Waals surface area contributed by atoms with Crippen molar-refractivity contribution in [3.63, 3.8) is 0 Å². The molecule has 0 saturated carbocycles. The second-order valence-corrected chi connectivity index (χ2v) is 14.3. The molecule has 0 aliphatic heterocycles. The topological polar surface area (TPSA) is 18.1 Å². The lowest BCUT2D eigenvalue weighted by Crippen LogP contribution is -2.76. The van der Waals surface area contributed by atoms with Gasteiger partial charge >= 0.3 is 0 Å². The van der Waals surface area contributed by atoms with Gasteiger partial charge in [0.15, 0.2) is 0 Å². The van der Waals surface area contributed by atoms with Crippen LogP contribution in [0.25, 0.3) is 28.1 Å². The van der Waals surface area contributed by atoms with Crippen LogP contribution in [0.4, 0.5) is 0 Å². The molecular formula is C39H31NOSi. The van der Waals surface area contributed by atoms with Gasteiger partial charge in [-0.05, 0) is 52.3 Å². The molecule has 2 aromatic heterocycles. The number of para-hydroxylation sites is 1. The zero-order valence-electron chi connectivity index (χ0n) is 23.5. The molecule has 2 heterocycles. The lowest BCUT2D eigenvalue weighted by atomic mass is 10.0. The quantitative estimate of drug-likeness (QED) is 0.151. The number of hydrogen-bond donors (Lipinski definition) is 0. The molecule has 7 aromatic rings. The van der Waals surface area contributed by atoms with Gasteiger partial charge in [-0.2, -0.15) is 0 Å². The van der Waals surface area contributed by atoms with Crippen LogP contribution in [0, 0.1) is 6.92 Å². The molecule has 0 bridgehead atoms. The third-order valence-corrected chi connectivity index (χ3v) is 13.0. The number of aromatic nitrogens is 1. The summed E-state index contributed by atoms with van der Waals surface area (Å²) < 4.78 is 8.85. The summed E-state index contributed by atoms with van der Waals surface area (Å²) in [5.41, 5.74) is 5.85. The Labute approximate surface area is 248 Å². The summed E-state index contributed by atoms with van der Waals surface area (Å²) in [7, 11) is -2.97. The van der Waals surface area contributed by atoms with Crippen LogP contribution in [0.1, 0.15) is 5.69 Å². The van der Waals surface area contributed by atoms with E-state index in [-0.39, 0.29) is 0 Å². The molecule has 42 heavy (non-hydrogen) atoms. The molecule has 0 N–H and O–H groups in total. The Kier molecular flexibility index (Phi) is 6.79. The van der Waals surface area contributed by atoms with Gasteiger partial charge in [0.05, 0.1) is 6.26 Å². The van der Waals surface area contributed by atoms with Crippen LogP contribution in [0.2, 0.25) is 0 Å². The Morgan fingerprint density at radius 2 is 0.929 bits per heavy atom. The summed E-state index contributed by atoms with van der Waals surface area (Å²) in [5.74, 6) is 0.876. The van der Waals surface area contributed by atoms with Crippen molar-refractivity contribution >= 4 is 29.0 Å². The van der Waals surface area contributed by atoms with Gasteiger partial charge in [0, 0.05) is 27.8 Å². The van der Waals surface area contributed by atoms with Gasteiger partial charge in [0.25, 0.3) is 0 Å². The third-order valence-electron chi connectivity index (χ3n) is 8.23. The monoisotopic (exact) mass is 557 g/mol. The van der Waals surface area contributed by atoms with Crippen LogP contribution in [0.3, 0.4) is 0 Å². The van der Waals surface area contributed by atoms with Gasteiger partial charge in [0.1, 0.15) is 5.76 Å². The molecule has 0 unspecified atom stereocenters. The molecule has 0 fully saturated rings. The summed E-state index contributed by atoms with van der Waals surface area (Å²) in [6.07, 6.45) is 1.79. The van der Waals surface area contributed by atoms with Crippen LogP contribution < -0.4 is 20.9 Å². The van der Waals surface area contributed by atoms with Crippen LogP contribution in [0.15, 0.2) is 174 Å². The smallest absolute Gasteiger partial charge is 0.200 e. The maximum absolute atomic E-state index is 6.34. The Balaban J connectivity index is 1.77. The third kappa shape index (κ3) is 4.18. The average Bonchev–Trinajstić information content (AvgIpc) is 3.70. The van der Waals surface area contributed by atoms with Crippen LogP contribution in [-0.4, -0.2) is 12.6 Å². The maximum atomic E-state index is 6.34. The Morgan fingerprint density at radius 3 is 1.38 bits per heavy atom. The van der Waals surface area contributed by atoms with E-state index in [9.17, 15) is 0 Å². The predicted octanol–water partition coefficient (Wildman–Crippen LogP) is 7.09. The fraction of sp³-hybridized carbons (Fsp3) is 0.0256. The highest BCUT2D eigenvalue weighted by Gasteiger charge is 2.47. The van der Waals surface area contributed by atoms with Crippen molar-refractivity contribution in [3.05, 3.63) is 176 Å². The largest absolute Gasteiger partial charge is 0.464 e. The van der Waals surface area contributed by atoms with Crippen molar-refractivity contribution in [2.75, 3.05) is 0 Å². The lowest BCUT2D eigenvalue weighted by molar-refractivity contribution is 0.583. The molecule has 0 saturated heterocycles. The number of nitrogens with zero attached hydrogens (tertiary/aromatic N) is 1. The van der Waals surface area contributed by atoms with E-state index in [0.717, 1.165) is 17.0 Å². The average molecular weight is 558 g/mol. The molecular weight excluding hydrogens is 527 g/mol. The van der Waals surface area contributed by atoms with E-state index in [4.69, 9.17) is 4.42 Å². The first-order valence-corrected chi connectivity index (χ1v) is 16.4. The summed E-state index contributed by atoms with van der Waals surface area (Å²) in [4.78, 5) is 0. The van der Waals surface area contributed by atoms with Crippen LogP contribution in [0.5, 0.6) is 0 Å². The normalized spacial score (nSPS) is 11.5. The Morgan fingerprint density at radius 1 is 0.476 bits per heavy atom. The van der Waals surface area contributed by atoms with E-state index >= 15 is 0 Å². The van der Waals surface area contributed by atoms with Gasteiger partial charge in [-0.1, -0.05) is 140 Å². The van der Waals surface area contributed by atoms with Crippen LogP contribution >= 0.6 is 0 Å². The fourth-order valence-electron chi connectivity index (χ4n) is 6.54. The second-order valence-electron chi connectivity index (χ2n) is 10.5. The van der Waals surface area contributed by atoms with E-state index in [2.05, 4.69) is 169 Å². The highest BCUT2D eigenvalue weighted by molar-refractivity contribution is 7.20. The molecule has 7 rings (SSSR count). The van der Waals surface area contributed by atoms with Crippen molar-refractivity contribution in [1.29, 1.82) is 0 Å². The van der Waals surface area contributed by atoms with E-state index in [1.807, 2.05) is 6.07 Å². The molecule has 0 atom stereocenters. The molecule has 202 valence electrons. The molecule has 3 heteroatoms. The standard InChI is InChI=1S/C39H31NOSi/c1-30-37(31-18-7-2-8-19-31)38(36-28-17-29-41-36)39(40(30)32-20-9-3-10-21-32)42(33-22-11-4-12-23-33,34-24-13-5-14-25-34)35-26-15-6-16-27-35/h2-29H,1H3. The summed E-state index contributed by atoms with van der Waals surface area (Å²) in [6.45, 7) is 2.26. The fourth-order valence-corrected chi connectivity index (χ4v) is 11.7. The first kappa shape index (κ1) is 25.8. The number of benzene rings is 5. The highest BCUT2D eigenvalue weighted by Crippen LogP contribution is 2.38. The summed E-state index contributed by atoms with van der Waals surface area (Å²) in [5, 5.41) is 5.25. The van der Waals surface area contributed by atoms with E-state index < -0.39 is 8.07 Å². The molecule has 0 aliphatic rings. The van der Waals surface area contributed by atoms with Gasteiger partial charge in [0.2, 0.25) is 8.07 Å². The van der Waals surface area contributed by atoms with Gasteiger partial charge in [-0.15, -0.1) is 0 Å². The molecule has 0 aliphatic carbocycles. The molecule has 0 amide bonds. The first-order valence-electron chi connectivity index (χ1n) is 14.4. The zero-order chi connectivity index (χ0) is 28.4. The van der Waals surface area contributed by atoms with Gasteiger partial charge in [-0.3, -0.25) is 0 Å². The molecule has 0 radical (unpaired) electrons. The minimum absolute atomic E-state index is 0.876. The summed E-state index contributed by atoms with van der Waals surface area (Å²) in [6, 6.07) is 59.0.